The zero-order valence-corrected chi connectivity index (χ0v) is 12.9. The van der Waals surface area contributed by atoms with Crippen LogP contribution >= 0.6 is 0 Å². The molecule has 1 heteroatoms. The Labute approximate surface area is 108 Å². The van der Waals surface area contributed by atoms with E-state index < -0.39 is 0 Å². The average molecular weight is 237 g/mol. The topological polar surface area (TPSA) is 3.24 Å². The first kappa shape index (κ1) is 14.6. The third-order valence-corrected chi connectivity index (χ3v) is 5.03. The zero-order chi connectivity index (χ0) is 13.3. The second-order valence-electron chi connectivity index (χ2n) is 6.69. The average Bonchev–Trinajstić information content (AvgIpc) is 2.29. The fourth-order valence-corrected chi connectivity index (χ4v) is 2.80. The van der Waals surface area contributed by atoms with Gasteiger partial charge in [0.05, 0.1) is 0 Å². The first-order valence-corrected chi connectivity index (χ1v) is 7.27. The Hall–Kier alpha value is -0.460. The Morgan fingerprint density at radius 3 is 2.35 bits per heavy atom. The first-order valence-electron chi connectivity index (χ1n) is 7.27. The SMILES string of the molecule is CCC1=CN(C(C)(C)CC)C(C)(C(C)C)CC1. The highest BCUT2D eigenvalue weighted by molar-refractivity contribution is 5.14. The van der Waals surface area contributed by atoms with E-state index >= 15 is 0 Å². The fraction of sp³-hybridized carbons (Fsp3) is 0.875. The Bertz CT molecular complexity index is 288. The molecule has 0 fully saturated rings. The van der Waals surface area contributed by atoms with Gasteiger partial charge in [-0.05, 0) is 58.6 Å². The van der Waals surface area contributed by atoms with E-state index in [1.807, 2.05) is 0 Å². The lowest BCUT2D eigenvalue weighted by Gasteiger charge is -2.55. The largest absolute Gasteiger partial charge is 0.367 e. The zero-order valence-electron chi connectivity index (χ0n) is 12.9. The standard InChI is InChI=1S/C16H31N/c1-8-14-10-11-16(7,13(3)4)17(12-14)15(5,6)9-2/h12-13H,8-11H2,1-7H3. The number of allylic oxidation sites excluding steroid dienone is 1. The van der Waals surface area contributed by atoms with Gasteiger partial charge in [-0.2, -0.15) is 0 Å². The molecule has 0 aromatic heterocycles. The van der Waals surface area contributed by atoms with Gasteiger partial charge in [0.25, 0.3) is 0 Å². The van der Waals surface area contributed by atoms with Gasteiger partial charge < -0.3 is 4.90 Å². The highest BCUT2D eigenvalue weighted by Crippen LogP contribution is 2.41. The third-order valence-electron chi connectivity index (χ3n) is 5.03. The summed E-state index contributed by atoms with van der Waals surface area (Å²) < 4.78 is 0. The van der Waals surface area contributed by atoms with E-state index in [2.05, 4.69) is 59.6 Å². The van der Waals surface area contributed by atoms with Gasteiger partial charge in [0.15, 0.2) is 0 Å². The van der Waals surface area contributed by atoms with Crippen molar-refractivity contribution in [3.63, 3.8) is 0 Å². The maximum Gasteiger partial charge on any atom is 0.0400 e. The van der Waals surface area contributed by atoms with Gasteiger partial charge in [0.1, 0.15) is 0 Å². The van der Waals surface area contributed by atoms with Crippen molar-refractivity contribution in [3.8, 4) is 0 Å². The number of rotatable bonds is 4. The van der Waals surface area contributed by atoms with Crippen molar-refractivity contribution < 1.29 is 0 Å². The smallest absolute Gasteiger partial charge is 0.0400 e. The van der Waals surface area contributed by atoms with E-state index in [0.717, 1.165) is 0 Å². The molecule has 0 spiro atoms. The van der Waals surface area contributed by atoms with Gasteiger partial charge in [-0.25, -0.2) is 0 Å². The fourth-order valence-electron chi connectivity index (χ4n) is 2.80. The molecule has 0 saturated heterocycles. The lowest BCUT2D eigenvalue weighted by atomic mass is 9.75. The van der Waals surface area contributed by atoms with Crippen LogP contribution in [0.25, 0.3) is 0 Å². The van der Waals surface area contributed by atoms with E-state index in [1.165, 1.54) is 25.7 Å². The summed E-state index contributed by atoms with van der Waals surface area (Å²) in [4.78, 5) is 2.66. The van der Waals surface area contributed by atoms with Crippen molar-refractivity contribution in [2.75, 3.05) is 0 Å². The molecular weight excluding hydrogens is 206 g/mol. The molecule has 1 aliphatic heterocycles. The molecule has 0 aromatic carbocycles. The normalized spacial score (nSPS) is 26.4. The van der Waals surface area contributed by atoms with Gasteiger partial charge in [-0.15, -0.1) is 0 Å². The summed E-state index contributed by atoms with van der Waals surface area (Å²) in [6, 6.07) is 0. The number of nitrogens with zero attached hydrogens (tertiary/aromatic N) is 1. The Kier molecular flexibility index (Phi) is 4.33. The molecule has 0 aromatic rings. The minimum Gasteiger partial charge on any atom is -0.367 e. The molecule has 1 heterocycles. The third kappa shape index (κ3) is 2.69. The van der Waals surface area contributed by atoms with Crippen molar-refractivity contribution in [2.45, 2.75) is 85.2 Å². The Morgan fingerprint density at radius 2 is 1.94 bits per heavy atom. The maximum absolute atomic E-state index is 2.66. The van der Waals surface area contributed by atoms with Crippen LogP contribution in [0, 0.1) is 5.92 Å². The minimum absolute atomic E-state index is 0.264. The highest BCUT2D eigenvalue weighted by Gasteiger charge is 2.42. The molecular formula is C16H31N. The Morgan fingerprint density at radius 1 is 1.35 bits per heavy atom. The summed E-state index contributed by atoms with van der Waals surface area (Å²) in [6.45, 7) is 16.5. The molecule has 17 heavy (non-hydrogen) atoms. The van der Waals surface area contributed by atoms with E-state index in [0.29, 0.717) is 11.5 Å². The monoisotopic (exact) mass is 237 g/mol. The van der Waals surface area contributed by atoms with E-state index in [4.69, 9.17) is 0 Å². The molecule has 0 radical (unpaired) electrons. The van der Waals surface area contributed by atoms with Crippen LogP contribution in [0.5, 0.6) is 0 Å². The second-order valence-corrected chi connectivity index (χ2v) is 6.69. The summed E-state index contributed by atoms with van der Waals surface area (Å²) in [7, 11) is 0. The lowest BCUT2D eigenvalue weighted by molar-refractivity contribution is 0.00511. The van der Waals surface area contributed by atoms with Crippen LogP contribution in [-0.4, -0.2) is 16.0 Å². The lowest BCUT2D eigenvalue weighted by Crippen LogP contribution is -2.57. The summed E-state index contributed by atoms with van der Waals surface area (Å²) in [6.07, 6.45) is 7.44. The summed E-state index contributed by atoms with van der Waals surface area (Å²) in [5.74, 6) is 0.697. The molecule has 1 nitrogen and oxygen atoms in total. The van der Waals surface area contributed by atoms with Gasteiger partial charge in [0, 0.05) is 11.1 Å². The van der Waals surface area contributed by atoms with Crippen LogP contribution < -0.4 is 0 Å². The minimum atomic E-state index is 0.264. The van der Waals surface area contributed by atoms with Gasteiger partial charge in [-0.1, -0.05) is 33.3 Å². The van der Waals surface area contributed by atoms with Crippen LogP contribution in [-0.2, 0) is 0 Å². The first-order chi connectivity index (χ1) is 7.78. The van der Waals surface area contributed by atoms with Crippen molar-refractivity contribution >= 4 is 0 Å². The molecule has 1 aliphatic rings. The second kappa shape index (κ2) is 5.04. The predicted octanol–water partition coefficient (Wildman–Crippen LogP) is 4.98. The molecule has 1 atom stereocenters. The quantitative estimate of drug-likeness (QED) is 0.666. The van der Waals surface area contributed by atoms with Crippen LogP contribution in [0.2, 0.25) is 0 Å². The summed E-state index contributed by atoms with van der Waals surface area (Å²) in [5, 5.41) is 0. The molecule has 1 rings (SSSR count). The van der Waals surface area contributed by atoms with E-state index in [-0.39, 0.29) is 5.54 Å². The van der Waals surface area contributed by atoms with Crippen LogP contribution in [0.1, 0.15) is 74.1 Å². The maximum atomic E-state index is 2.66. The van der Waals surface area contributed by atoms with E-state index in [1.54, 1.807) is 5.57 Å². The van der Waals surface area contributed by atoms with E-state index in [9.17, 15) is 0 Å². The van der Waals surface area contributed by atoms with Crippen LogP contribution in [0.3, 0.4) is 0 Å². The molecule has 0 aliphatic carbocycles. The molecule has 0 amide bonds. The molecule has 0 bridgehead atoms. The van der Waals surface area contributed by atoms with Crippen molar-refractivity contribution in [1.82, 2.24) is 4.90 Å². The van der Waals surface area contributed by atoms with Crippen LogP contribution in [0.15, 0.2) is 11.8 Å². The predicted molar refractivity (Wildman–Crippen MR) is 77.1 cm³/mol. The highest BCUT2D eigenvalue weighted by atomic mass is 15.2. The summed E-state index contributed by atoms with van der Waals surface area (Å²) >= 11 is 0. The van der Waals surface area contributed by atoms with Crippen LogP contribution in [0.4, 0.5) is 0 Å². The Balaban J connectivity index is 3.14. The number of hydrogen-bond acceptors (Lipinski definition) is 1. The molecule has 1 unspecified atom stereocenters. The molecule has 0 saturated carbocycles. The molecule has 0 N–H and O–H groups in total. The summed E-state index contributed by atoms with van der Waals surface area (Å²) in [5.41, 5.74) is 2.20. The van der Waals surface area contributed by atoms with Gasteiger partial charge >= 0.3 is 0 Å². The van der Waals surface area contributed by atoms with Crippen molar-refractivity contribution in [1.29, 1.82) is 0 Å². The van der Waals surface area contributed by atoms with Crippen molar-refractivity contribution in [3.05, 3.63) is 11.8 Å². The van der Waals surface area contributed by atoms with Crippen molar-refractivity contribution in [2.24, 2.45) is 5.92 Å². The molecule has 100 valence electrons. The number of hydrogen-bond donors (Lipinski definition) is 0. The van der Waals surface area contributed by atoms with Gasteiger partial charge in [0.2, 0.25) is 0 Å². The van der Waals surface area contributed by atoms with Gasteiger partial charge in [-0.3, -0.25) is 0 Å².